The Morgan fingerprint density at radius 2 is 1.88 bits per heavy atom. The van der Waals surface area contributed by atoms with Crippen LogP contribution in [0.3, 0.4) is 0 Å². The second-order valence-electron chi connectivity index (χ2n) is 5.04. The second kappa shape index (κ2) is 4.15. The molecule has 0 amide bonds. The van der Waals surface area contributed by atoms with Crippen molar-refractivity contribution in [2.24, 2.45) is 5.73 Å². The maximum Gasteiger partial charge on any atom is 0.311 e. The Bertz CT molecular complexity index is 468. The summed E-state index contributed by atoms with van der Waals surface area (Å²) in [5.41, 5.74) is 9.58. The Kier molecular flexibility index (Phi) is 2.63. The molecule has 3 nitrogen and oxygen atoms in total. The lowest BCUT2D eigenvalue weighted by Gasteiger charge is -2.17. The first-order valence-electron chi connectivity index (χ1n) is 6.34. The standard InChI is InChI=1S/C14H17NO2/c15-11-7-10-6-5-9-3-1-2-4-13(16)17-14(9)12(10)8-11/h5-6,11H,1-4,7-8,15H2. The van der Waals surface area contributed by atoms with E-state index < -0.39 is 0 Å². The Labute approximate surface area is 101 Å². The highest BCUT2D eigenvalue weighted by molar-refractivity contribution is 5.74. The maximum atomic E-state index is 11.6. The number of hydrogen-bond donors (Lipinski definition) is 1. The van der Waals surface area contributed by atoms with Crippen LogP contribution in [-0.4, -0.2) is 12.0 Å². The molecule has 1 heterocycles. The van der Waals surface area contributed by atoms with Crippen molar-refractivity contribution in [3.63, 3.8) is 0 Å². The molecule has 0 spiro atoms. The zero-order chi connectivity index (χ0) is 11.8. The summed E-state index contributed by atoms with van der Waals surface area (Å²) in [4.78, 5) is 11.6. The predicted octanol–water partition coefficient (Wildman–Crippen LogP) is 1.74. The highest BCUT2D eigenvalue weighted by Crippen LogP contribution is 2.35. The van der Waals surface area contributed by atoms with Crippen LogP contribution >= 0.6 is 0 Å². The molecule has 0 aromatic heterocycles. The van der Waals surface area contributed by atoms with Gasteiger partial charge in [0.05, 0.1) is 0 Å². The van der Waals surface area contributed by atoms with Crippen LogP contribution in [0, 0.1) is 0 Å². The van der Waals surface area contributed by atoms with Crippen molar-refractivity contribution in [2.45, 2.75) is 44.6 Å². The molecule has 1 atom stereocenters. The van der Waals surface area contributed by atoms with Crippen LogP contribution in [0.2, 0.25) is 0 Å². The third kappa shape index (κ3) is 1.95. The van der Waals surface area contributed by atoms with Crippen molar-refractivity contribution in [3.05, 3.63) is 28.8 Å². The van der Waals surface area contributed by atoms with Crippen LogP contribution in [-0.2, 0) is 24.1 Å². The Morgan fingerprint density at radius 3 is 2.76 bits per heavy atom. The number of fused-ring (bicyclic) bond motifs is 3. The van der Waals surface area contributed by atoms with E-state index in [0.29, 0.717) is 6.42 Å². The Balaban J connectivity index is 2.05. The van der Waals surface area contributed by atoms with Crippen molar-refractivity contribution in [2.75, 3.05) is 0 Å². The third-order valence-electron chi connectivity index (χ3n) is 3.68. The van der Waals surface area contributed by atoms with Gasteiger partial charge in [0, 0.05) is 12.5 Å². The first-order valence-corrected chi connectivity index (χ1v) is 6.34. The fraction of sp³-hybridized carbons (Fsp3) is 0.500. The van der Waals surface area contributed by atoms with E-state index >= 15 is 0 Å². The fourth-order valence-corrected chi connectivity index (χ4v) is 2.82. The smallest absolute Gasteiger partial charge is 0.311 e. The van der Waals surface area contributed by atoms with Crippen molar-refractivity contribution in [1.82, 2.24) is 0 Å². The molecule has 0 saturated carbocycles. The quantitative estimate of drug-likeness (QED) is 0.546. The number of aryl methyl sites for hydroxylation is 1. The fourth-order valence-electron chi connectivity index (χ4n) is 2.82. The number of benzene rings is 1. The van der Waals surface area contributed by atoms with Crippen LogP contribution in [0.1, 0.15) is 36.0 Å². The van der Waals surface area contributed by atoms with Gasteiger partial charge in [-0.05, 0) is 48.8 Å². The van der Waals surface area contributed by atoms with Crippen molar-refractivity contribution in [3.8, 4) is 5.75 Å². The molecule has 0 radical (unpaired) electrons. The van der Waals surface area contributed by atoms with E-state index in [-0.39, 0.29) is 12.0 Å². The maximum absolute atomic E-state index is 11.6. The van der Waals surface area contributed by atoms with Gasteiger partial charge in [-0.1, -0.05) is 12.1 Å². The number of carbonyl (C=O) groups excluding carboxylic acids is 1. The minimum atomic E-state index is -0.0974. The highest BCUT2D eigenvalue weighted by atomic mass is 16.5. The number of ether oxygens (including phenoxy) is 1. The topological polar surface area (TPSA) is 52.3 Å². The van der Waals surface area contributed by atoms with Gasteiger partial charge in [-0.15, -0.1) is 0 Å². The van der Waals surface area contributed by atoms with Crippen molar-refractivity contribution in [1.29, 1.82) is 0 Å². The van der Waals surface area contributed by atoms with Crippen LogP contribution in [0.25, 0.3) is 0 Å². The molecule has 0 bridgehead atoms. The highest BCUT2D eigenvalue weighted by Gasteiger charge is 2.26. The van der Waals surface area contributed by atoms with Gasteiger partial charge in [-0.3, -0.25) is 4.79 Å². The van der Waals surface area contributed by atoms with E-state index in [1.165, 1.54) is 16.7 Å². The number of hydrogen-bond acceptors (Lipinski definition) is 3. The molecular formula is C14H17NO2. The van der Waals surface area contributed by atoms with Crippen LogP contribution < -0.4 is 10.5 Å². The van der Waals surface area contributed by atoms with Gasteiger partial charge >= 0.3 is 5.97 Å². The molecule has 3 rings (SSSR count). The molecule has 0 fully saturated rings. The van der Waals surface area contributed by atoms with Gasteiger partial charge in [0.2, 0.25) is 0 Å². The Hall–Kier alpha value is -1.35. The van der Waals surface area contributed by atoms with Gasteiger partial charge in [0.1, 0.15) is 5.75 Å². The van der Waals surface area contributed by atoms with Gasteiger partial charge < -0.3 is 10.5 Å². The molecule has 1 aliphatic carbocycles. The van der Waals surface area contributed by atoms with Crippen LogP contribution in [0.15, 0.2) is 12.1 Å². The SMILES string of the molecule is NC1Cc2ccc3c(c2C1)OC(=O)CCCC3. The van der Waals surface area contributed by atoms with E-state index in [0.717, 1.165) is 37.9 Å². The summed E-state index contributed by atoms with van der Waals surface area (Å²) in [5, 5.41) is 0. The lowest BCUT2D eigenvalue weighted by Crippen LogP contribution is -2.19. The number of esters is 1. The summed E-state index contributed by atoms with van der Waals surface area (Å²) in [6.07, 6.45) is 5.27. The van der Waals surface area contributed by atoms with Crippen molar-refractivity contribution >= 4 is 5.97 Å². The molecule has 1 aromatic carbocycles. The molecule has 2 N–H and O–H groups in total. The number of nitrogens with two attached hydrogens (primary N) is 1. The summed E-state index contributed by atoms with van der Waals surface area (Å²) < 4.78 is 5.53. The molecular weight excluding hydrogens is 214 g/mol. The van der Waals surface area contributed by atoms with Gasteiger partial charge in [-0.2, -0.15) is 0 Å². The lowest BCUT2D eigenvalue weighted by molar-refractivity contribution is -0.134. The Morgan fingerprint density at radius 1 is 1.12 bits per heavy atom. The van der Waals surface area contributed by atoms with Gasteiger partial charge in [-0.25, -0.2) is 0 Å². The van der Waals surface area contributed by atoms with E-state index in [1.54, 1.807) is 0 Å². The normalized spacial score (nSPS) is 23.4. The van der Waals surface area contributed by atoms with E-state index in [1.807, 2.05) is 0 Å². The summed E-state index contributed by atoms with van der Waals surface area (Å²) in [6, 6.07) is 4.43. The van der Waals surface area contributed by atoms with Crippen LogP contribution in [0.5, 0.6) is 5.75 Å². The molecule has 3 heteroatoms. The van der Waals surface area contributed by atoms with E-state index in [9.17, 15) is 4.79 Å². The monoisotopic (exact) mass is 231 g/mol. The zero-order valence-electron chi connectivity index (χ0n) is 9.87. The molecule has 0 saturated heterocycles. The minimum absolute atomic E-state index is 0.0974. The predicted molar refractivity (Wildman–Crippen MR) is 65.0 cm³/mol. The average Bonchev–Trinajstić information content (AvgIpc) is 2.64. The summed E-state index contributed by atoms with van der Waals surface area (Å²) in [5.74, 6) is 0.722. The van der Waals surface area contributed by atoms with E-state index in [2.05, 4.69) is 12.1 Å². The summed E-state index contributed by atoms with van der Waals surface area (Å²) >= 11 is 0. The summed E-state index contributed by atoms with van der Waals surface area (Å²) in [7, 11) is 0. The zero-order valence-corrected chi connectivity index (χ0v) is 9.87. The molecule has 90 valence electrons. The first kappa shape index (κ1) is 10.8. The van der Waals surface area contributed by atoms with Crippen LogP contribution in [0.4, 0.5) is 0 Å². The summed E-state index contributed by atoms with van der Waals surface area (Å²) in [6.45, 7) is 0. The van der Waals surface area contributed by atoms with Gasteiger partial charge in [0.15, 0.2) is 0 Å². The molecule has 17 heavy (non-hydrogen) atoms. The molecule has 1 unspecified atom stereocenters. The molecule has 1 aliphatic heterocycles. The minimum Gasteiger partial charge on any atom is -0.426 e. The average molecular weight is 231 g/mol. The molecule has 1 aromatic rings. The largest absolute Gasteiger partial charge is 0.426 e. The lowest BCUT2D eigenvalue weighted by atomic mass is 9.99. The van der Waals surface area contributed by atoms with E-state index in [4.69, 9.17) is 10.5 Å². The van der Waals surface area contributed by atoms with Gasteiger partial charge in [0.25, 0.3) is 0 Å². The number of rotatable bonds is 0. The molecule has 2 aliphatic rings. The third-order valence-corrected chi connectivity index (χ3v) is 3.68. The number of carbonyl (C=O) groups is 1. The first-order chi connectivity index (χ1) is 8.24. The van der Waals surface area contributed by atoms with Crippen molar-refractivity contribution < 1.29 is 9.53 Å². The second-order valence-corrected chi connectivity index (χ2v) is 5.04.